The summed E-state index contributed by atoms with van der Waals surface area (Å²) in [4.78, 5) is 4.91. The molecule has 0 spiro atoms. The molecule has 0 radical (unpaired) electrons. The van der Waals surface area contributed by atoms with Crippen molar-refractivity contribution >= 4 is 88.0 Å². The Morgan fingerprint density at radius 3 is 1.04 bits per heavy atom. The van der Waals surface area contributed by atoms with Gasteiger partial charge in [-0.2, -0.15) is 0 Å². The minimum atomic E-state index is 1.09. The first-order chi connectivity index (χ1) is 37.6. The van der Waals surface area contributed by atoms with E-state index in [2.05, 4.69) is 313 Å². The van der Waals surface area contributed by atoms with Gasteiger partial charge in [0.05, 0.1) is 11.4 Å². The van der Waals surface area contributed by atoms with Crippen molar-refractivity contribution in [3.8, 4) is 44.5 Å². The van der Waals surface area contributed by atoms with Gasteiger partial charge in [0.1, 0.15) is 0 Å². The van der Waals surface area contributed by atoms with Crippen molar-refractivity contribution in [3.63, 3.8) is 0 Å². The molecule has 2 nitrogen and oxygen atoms in total. The number of nitrogens with zero attached hydrogens (tertiary/aromatic N) is 2. The number of benzene rings is 14. The van der Waals surface area contributed by atoms with E-state index in [1.807, 2.05) is 0 Å². The van der Waals surface area contributed by atoms with E-state index in [1.54, 1.807) is 0 Å². The summed E-state index contributed by atoms with van der Waals surface area (Å²) in [5.74, 6) is 0. The molecule has 14 aromatic rings. The van der Waals surface area contributed by atoms with Crippen LogP contribution >= 0.6 is 0 Å². The van der Waals surface area contributed by atoms with E-state index in [0.717, 1.165) is 39.5 Å². The quantitative estimate of drug-likeness (QED) is 0.126. The molecule has 356 valence electrons. The lowest BCUT2D eigenvalue weighted by molar-refractivity contribution is 1.30. The Morgan fingerprint density at radius 2 is 0.526 bits per heavy atom. The second-order valence-corrected chi connectivity index (χ2v) is 19.7. The van der Waals surface area contributed by atoms with Crippen molar-refractivity contribution in [1.82, 2.24) is 0 Å². The molecule has 0 saturated carbocycles. The van der Waals surface area contributed by atoms with Crippen molar-refractivity contribution < 1.29 is 0 Å². The second kappa shape index (κ2) is 19.1. The molecule has 2 heteroatoms. The molecule has 76 heavy (non-hydrogen) atoms. The third-order valence-electron chi connectivity index (χ3n) is 15.2. The molecule has 0 aliphatic rings. The number of hydrogen-bond acceptors (Lipinski definition) is 2. The molecule has 0 unspecified atom stereocenters. The van der Waals surface area contributed by atoms with Crippen molar-refractivity contribution in [1.29, 1.82) is 0 Å². The van der Waals surface area contributed by atoms with Gasteiger partial charge in [0.25, 0.3) is 0 Å². The van der Waals surface area contributed by atoms with Crippen molar-refractivity contribution in [2.45, 2.75) is 0 Å². The Hall–Kier alpha value is -10.0. The van der Waals surface area contributed by atoms with Crippen LogP contribution in [0.25, 0.3) is 98.4 Å². The molecule has 0 fully saturated rings. The topological polar surface area (TPSA) is 6.48 Å². The van der Waals surface area contributed by atoms with E-state index in [1.165, 1.54) is 93.0 Å². The summed E-state index contributed by atoms with van der Waals surface area (Å²) < 4.78 is 0. The molecule has 14 rings (SSSR count). The van der Waals surface area contributed by atoms with E-state index < -0.39 is 0 Å². The van der Waals surface area contributed by atoms with Gasteiger partial charge in [-0.15, -0.1) is 0 Å². The molecule has 0 atom stereocenters. The van der Waals surface area contributed by atoms with Crippen molar-refractivity contribution in [3.05, 3.63) is 303 Å². The summed E-state index contributed by atoms with van der Waals surface area (Å²) in [6.45, 7) is 0. The molecule has 0 bridgehead atoms. The zero-order valence-electron chi connectivity index (χ0n) is 41.8. The lowest BCUT2D eigenvalue weighted by Crippen LogP contribution is -2.12. The van der Waals surface area contributed by atoms with Crippen LogP contribution < -0.4 is 9.80 Å². The fourth-order valence-electron chi connectivity index (χ4n) is 11.3. The molecule has 0 aromatic heterocycles. The highest BCUT2D eigenvalue weighted by Gasteiger charge is 2.22. The van der Waals surface area contributed by atoms with Crippen LogP contribution in [0.1, 0.15) is 0 Å². The van der Waals surface area contributed by atoms with Crippen LogP contribution in [-0.2, 0) is 0 Å². The van der Waals surface area contributed by atoms with Crippen LogP contribution in [0.4, 0.5) is 34.1 Å². The average molecular weight is 967 g/mol. The van der Waals surface area contributed by atoms with E-state index >= 15 is 0 Å². The maximum Gasteiger partial charge on any atom is 0.0618 e. The number of fused-ring (bicyclic) bond motifs is 5. The minimum Gasteiger partial charge on any atom is -0.310 e. The first-order valence-corrected chi connectivity index (χ1v) is 26.1. The molecule has 0 amide bonds. The third-order valence-corrected chi connectivity index (χ3v) is 15.2. The highest BCUT2D eigenvalue weighted by molar-refractivity contribution is 6.19. The third kappa shape index (κ3) is 8.29. The monoisotopic (exact) mass is 966 g/mol. The standard InChI is InChI=1S/C74H50N2/c1-3-14-51(15-4-1)55-26-30-57(31-27-55)59-34-40-66(41-35-59)75(68-44-38-53-18-7-9-20-61(53)47-68)73-25-13-23-64-49-72-65(50-71(64)73)46-63-22-11-12-24-70(63)74(72)76(69-45-39-54-19-8-10-21-62(54)48-69)67-42-36-60(37-43-67)58-32-28-56(29-33-58)52-16-5-2-6-17-52/h1-50H. The van der Waals surface area contributed by atoms with Gasteiger partial charge in [-0.05, 0) is 155 Å². The van der Waals surface area contributed by atoms with Crippen LogP contribution in [0.3, 0.4) is 0 Å². The van der Waals surface area contributed by atoms with Crippen molar-refractivity contribution in [2.75, 3.05) is 9.80 Å². The van der Waals surface area contributed by atoms with Gasteiger partial charge >= 0.3 is 0 Å². The smallest absolute Gasteiger partial charge is 0.0618 e. The summed E-state index contributed by atoms with van der Waals surface area (Å²) in [6, 6.07) is 111. The predicted octanol–water partition coefficient (Wildman–Crippen LogP) is 21.1. The lowest BCUT2D eigenvalue weighted by Gasteiger charge is -2.30. The van der Waals surface area contributed by atoms with Crippen LogP contribution in [0.5, 0.6) is 0 Å². The Kier molecular flexibility index (Phi) is 11.2. The summed E-state index contributed by atoms with van der Waals surface area (Å²) in [6.07, 6.45) is 0. The van der Waals surface area contributed by atoms with Gasteiger partial charge in [0, 0.05) is 38.9 Å². The molecule has 0 aliphatic carbocycles. The fraction of sp³-hybridized carbons (Fsp3) is 0. The Bertz CT molecular complexity index is 4410. The summed E-state index contributed by atoms with van der Waals surface area (Å²) in [5.41, 5.74) is 16.2. The minimum absolute atomic E-state index is 1.09. The maximum absolute atomic E-state index is 2.48. The Balaban J connectivity index is 0.920. The highest BCUT2D eigenvalue weighted by Crippen LogP contribution is 2.48. The molecular formula is C74H50N2. The first-order valence-electron chi connectivity index (χ1n) is 26.1. The van der Waals surface area contributed by atoms with E-state index in [-0.39, 0.29) is 0 Å². The van der Waals surface area contributed by atoms with Crippen LogP contribution in [0.2, 0.25) is 0 Å². The number of rotatable bonds is 10. The normalized spacial score (nSPS) is 11.4. The summed E-state index contributed by atoms with van der Waals surface area (Å²) >= 11 is 0. The Morgan fingerprint density at radius 1 is 0.171 bits per heavy atom. The van der Waals surface area contributed by atoms with Crippen molar-refractivity contribution in [2.24, 2.45) is 0 Å². The molecular weight excluding hydrogens is 917 g/mol. The molecule has 0 N–H and O–H groups in total. The summed E-state index contributed by atoms with van der Waals surface area (Å²) in [5, 5.41) is 11.9. The molecule has 14 aromatic carbocycles. The summed E-state index contributed by atoms with van der Waals surface area (Å²) in [7, 11) is 0. The SMILES string of the molecule is c1ccc(-c2ccc(-c3ccc(N(c4ccc5ccccc5c4)c4cccc5cc6c(N(c7ccc(-c8ccc(-c9ccccc9)cc8)cc7)c7ccc8ccccc8c7)c7ccccc7cc6cc45)cc3)cc2)cc1. The van der Waals surface area contributed by atoms with Gasteiger partial charge in [-0.25, -0.2) is 0 Å². The zero-order chi connectivity index (χ0) is 50.4. The number of anilines is 6. The maximum atomic E-state index is 2.48. The Labute approximate surface area is 443 Å². The largest absolute Gasteiger partial charge is 0.310 e. The fourth-order valence-corrected chi connectivity index (χ4v) is 11.3. The van der Waals surface area contributed by atoms with Gasteiger partial charge in [0.15, 0.2) is 0 Å². The highest BCUT2D eigenvalue weighted by atomic mass is 15.2. The van der Waals surface area contributed by atoms with Gasteiger partial charge in [0.2, 0.25) is 0 Å². The van der Waals surface area contributed by atoms with E-state index in [0.29, 0.717) is 0 Å². The molecule has 0 aliphatic heterocycles. The lowest BCUT2D eigenvalue weighted by atomic mass is 9.95. The van der Waals surface area contributed by atoms with Crippen LogP contribution in [0.15, 0.2) is 303 Å². The average Bonchev–Trinajstić information content (AvgIpc) is 3.57. The zero-order valence-corrected chi connectivity index (χ0v) is 41.8. The van der Waals surface area contributed by atoms with E-state index in [4.69, 9.17) is 0 Å². The van der Waals surface area contributed by atoms with E-state index in [9.17, 15) is 0 Å². The van der Waals surface area contributed by atoms with Gasteiger partial charge in [-0.3, -0.25) is 0 Å². The van der Waals surface area contributed by atoms with Gasteiger partial charge in [-0.1, -0.05) is 231 Å². The first kappa shape index (κ1) is 44.7. The second-order valence-electron chi connectivity index (χ2n) is 19.7. The molecule has 0 heterocycles. The van der Waals surface area contributed by atoms with Crippen LogP contribution in [0, 0.1) is 0 Å². The predicted molar refractivity (Wildman–Crippen MR) is 325 cm³/mol. The van der Waals surface area contributed by atoms with Crippen LogP contribution in [-0.4, -0.2) is 0 Å². The number of hydrogen-bond donors (Lipinski definition) is 0. The molecule has 0 saturated heterocycles. The van der Waals surface area contributed by atoms with Gasteiger partial charge < -0.3 is 9.80 Å².